The van der Waals surface area contributed by atoms with Gasteiger partial charge in [-0.05, 0) is 49.1 Å². The third-order valence-corrected chi connectivity index (χ3v) is 5.91. The monoisotopic (exact) mass is 427 g/mol. The molecule has 1 unspecified atom stereocenters. The molecule has 4 rings (SSSR count). The summed E-state index contributed by atoms with van der Waals surface area (Å²) in [5.41, 5.74) is 4.82. The Kier molecular flexibility index (Phi) is 6.95. The van der Waals surface area contributed by atoms with Crippen LogP contribution in [0.4, 0.5) is 5.69 Å². The fourth-order valence-electron chi connectivity index (χ4n) is 4.30. The van der Waals surface area contributed by atoms with Gasteiger partial charge >= 0.3 is 0 Å². The third kappa shape index (κ3) is 5.61. The van der Waals surface area contributed by atoms with Crippen molar-refractivity contribution >= 4 is 17.5 Å². The second-order valence-electron chi connectivity index (χ2n) is 8.37. The molecule has 0 bridgehead atoms. The standard InChI is InChI=1S/C27H29N3O2/c1-20(31)28-24-12-5-10-22(18-24)25-13-6-14-26(29-25)23-11-7-17-30(19-23)27(32)16-15-21-8-3-2-4-9-21/h2-6,8-10,12-14,18,23H,7,11,15-17,19H2,1H3,(H,28,31). The van der Waals surface area contributed by atoms with Gasteiger partial charge in [-0.25, -0.2) is 0 Å². The number of carbonyl (C=O) groups is 2. The van der Waals surface area contributed by atoms with Gasteiger partial charge in [0.1, 0.15) is 0 Å². The van der Waals surface area contributed by atoms with Gasteiger partial charge < -0.3 is 10.2 Å². The highest BCUT2D eigenvalue weighted by Gasteiger charge is 2.25. The molecule has 2 aromatic carbocycles. The number of benzene rings is 2. The lowest BCUT2D eigenvalue weighted by atomic mass is 9.93. The van der Waals surface area contributed by atoms with Gasteiger partial charge in [0.2, 0.25) is 11.8 Å². The van der Waals surface area contributed by atoms with E-state index in [-0.39, 0.29) is 17.7 Å². The van der Waals surface area contributed by atoms with Crippen LogP contribution in [0.5, 0.6) is 0 Å². The maximum atomic E-state index is 12.8. The molecule has 1 aliphatic heterocycles. The number of aryl methyl sites for hydroxylation is 1. The van der Waals surface area contributed by atoms with Gasteiger partial charge in [0, 0.05) is 49.3 Å². The Hall–Kier alpha value is -3.47. The topological polar surface area (TPSA) is 62.3 Å². The normalized spacial score (nSPS) is 15.9. The molecule has 1 N–H and O–H groups in total. The summed E-state index contributed by atoms with van der Waals surface area (Å²) < 4.78 is 0. The van der Waals surface area contributed by atoms with Crippen molar-refractivity contribution < 1.29 is 9.59 Å². The summed E-state index contributed by atoms with van der Waals surface area (Å²) in [7, 11) is 0. The van der Waals surface area contributed by atoms with E-state index in [1.165, 1.54) is 12.5 Å². The number of carbonyl (C=O) groups excluding carboxylic acids is 2. The van der Waals surface area contributed by atoms with E-state index in [2.05, 4.69) is 23.5 Å². The molecule has 32 heavy (non-hydrogen) atoms. The van der Waals surface area contributed by atoms with Gasteiger partial charge in [-0.1, -0.05) is 48.5 Å². The second-order valence-corrected chi connectivity index (χ2v) is 8.37. The van der Waals surface area contributed by atoms with Crippen LogP contribution in [0.25, 0.3) is 11.3 Å². The number of anilines is 1. The lowest BCUT2D eigenvalue weighted by Gasteiger charge is -2.32. The summed E-state index contributed by atoms with van der Waals surface area (Å²) in [5, 5.41) is 2.82. The van der Waals surface area contributed by atoms with Crippen LogP contribution in [0.15, 0.2) is 72.8 Å². The van der Waals surface area contributed by atoms with Crippen molar-refractivity contribution in [3.63, 3.8) is 0 Å². The van der Waals surface area contributed by atoms with E-state index in [0.29, 0.717) is 6.42 Å². The molecule has 5 nitrogen and oxygen atoms in total. The predicted octanol–water partition coefficient (Wildman–Crippen LogP) is 5.05. The zero-order chi connectivity index (χ0) is 22.3. The number of aromatic nitrogens is 1. The van der Waals surface area contributed by atoms with Crippen LogP contribution in [-0.2, 0) is 16.0 Å². The zero-order valence-electron chi connectivity index (χ0n) is 18.5. The number of nitrogens with zero attached hydrogens (tertiary/aromatic N) is 2. The lowest BCUT2D eigenvalue weighted by molar-refractivity contribution is -0.132. The van der Waals surface area contributed by atoms with Crippen molar-refractivity contribution in [2.75, 3.05) is 18.4 Å². The number of hydrogen-bond acceptors (Lipinski definition) is 3. The first-order valence-electron chi connectivity index (χ1n) is 11.2. The second kappa shape index (κ2) is 10.2. The first kappa shape index (κ1) is 21.8. The Morgan fingerprint density at radius 1 is 1.03 bits per heavy atom. The molecular weight excluding hydrogens is 398 g/mol. The maximum Gasteiger partial charge on any atom is 0.222 e. The number of hydrogen-bond donors (Lipinski definition) is 1. The molecule has 0 spiro atoms. The summed E-state index contributed by atoms with van der Waals surface area (Å²) in [6, 6.07) is 24.0. The number of rotatable bonds is 6. The van der Waals surface area contributed by atoms with Crippen LogP contribution in [0, 0.1) is 0 Å². The fraction of sp³-hybridized carbons (Fsp3) is 0.296. The molecule has 1 atom stereocenters. The van der Waals surface area contributed by atoms with Crippen LogP contribution >= 0.6 is 0 Å². The van der Waals surface area contributed by atoms with Crippen LogP contribution in [0.3, 0.4) is 0 Å². The zero-order valence-corrected chi connectivity index (χ0v) is 18.5. The molecule has 1 aliphatic rings. The molecule has 0 radical (unpaired) electrons. The van der Waals surface area contributed by atoms with Crippen LogP contribution < -0.4 is 5.32 Å². The summed E-state index contributed by atoms with van der Waals surface area (Å²) in [5.74, 6) is 0.365. The molecule has 164 valence electrons. The Morgan fingerprint density at radius 3 is 2.66 bits per heavy atom. The summed E-state index contributed by atoms with van der Waals surface area (Å²) in [6.45, 7) is 3.04. The highest BCUT2D eigenvalue weighted by molar-refractivity contribution is 5.89. The average molecular weight is 428 g/mol. The molecule has 1 fully saturated rings. The number of likely N-dealkylation sites (tertiary alicyclic amines) is 1. The SMILES string of the molecule is CC(=O)Nc1cccc(-c2cccc(C3CCCN(C(=O)CCc4ccccc4)C3)n2)c1. The summed E-state index contributed by atoms with van der Waals surface area (Å²) in [6.07, 6.45) is 3.34. The van der Waals surface area contributed by atoms with E-state index in [1.807, 2.05) is 59.5 Å². The molecule has 0 saturated carbocycles. The Balaban J connectivity index is 1.43. The average Bonchev–Trinajstić information content (AvgIpc) is 2.83. The molecule has 3 aromatic rings. The Morgan fingerprint density at radius 2 is 1.84 bits per heavy atom. The van der Waals surface area contributed by atoms with Crippen LogP contribution in [0.2, 0.25) is 0 Å². The van der Waals surface area contributed by atoms with Crippen LogP contribution in [-0.4, -0.2) is 34.8 Å². The van der Waals surface area contributed by atoms with Crippen LogP contribution in [0.1, 0.15) is 43.4 Å². The van der Waals surface area contributed by atoms with Crippen molar-refractivity contribution in [2.45, 2.75) is 38.5 Å². The molecule has 5 heteroatoms. The summed E-state index contributed by atoms with van der Waals surface area (Å²) >= 11 is 0. The highest BCUT2D eigenvalue weighted by Crippen LogP contribution is 2.29. The van der Waals surface area contributed by atoms with E-state index in [0.717, 1.165) is 55.0 Å². The van der Waals surface area contributed by atoms with Crippen molar-refractivity contribution in [3.8, 4) is 11.3 Å². The van der Waals surface area contributed by atoms with Gasteiger partial charge in [0.15, 0.2) is 0 Å². The minimum absolute atomic E-state index is 0.0944. The van der Waals surface area contributed by atoms with Gasteiger partial charge in [-0.3, -0.25) is 14.6 Å². The minimum atomic E-state index is -0.0944. The molecule has 1 aromatic heterocycles. The predicted molar refractivity (Wildman–Crippen MR) is 127 cm³/mol. The Labute approximate surface area is 189 Å². The lowest BCUT2D eigenvalue weighted by Crippen LogP contribution is -2.39. The number of pyridine rings is 1. The molecule has 2 heterocycles. The number of amides is 2. The third-order valence-electron chi connectivity index (χ3n) is 5.91. The quantitative estimate of drug-likeness (QED) is 0.599. The van der Waals surface area contributed by atoms with Crippen molar-refractivity contribution in [2.24, 2.45) is 0 Å². The van der Waals surface area contributed by atoms with Gasteiger partial charge in [0.05, 0.1) is 5.69 Å². The van der Waals surface area contributed by atoms with E-state index in [4.69, 9.17) is 4.98 Å². The van der Waals surface area contributed by atoms with E-state index in [9.17, 15) is 9.59 Å². The molecule has 2 amide bonds. The van der Waals surface area contributed by atoms with Crippen molar-refractivity contribution in [1.29, 1.82) is 0 Å². The van der Waals surface area contributed by atoms with Gasteiger partial charge in [-0.15, -0.1) is 0 Å². The van der Waals surface area contributed by atoms with Gasteiger partial charge in [-0.2, -0.15) is 0 Å². The fourth-order valence-corrected chi connectivity index (χ4v) is 4.30. The Bertz CT molecular complexity index is 1080. The van der Waals surface area contributed by atoms with Crippen molar-refractivity contribution in [3.05, 3.63) is 84.1 Å². The molecular formula is C27H29N3O2. The highest BCUT2D eigenvalue weighted by atomic mass is 16.2. The van der Waals surface area contributed by atoms with Gasteiger partial charge in [0.25, 0.3) is 0 Å². The molecule has 0 aliphatic carbocycles. The first-order chi connectivity index (χ1) is 15.6. The minimum Gasteiger partial charge on any atom is -0.342 e. The number of piperidine rings is 1. The smallest absolute Gasteiger partial charge is 0.222 e. The maximum absolute atomic E-state index is 12.8. The molecule has 1 saturated heterocycles. The van der Waals surface area contributed by atoms with E-state index in [1.54, 1.807) is 0 Å². The van der Waals surface area contributed by atoms with E-state index >= 15 is 0 Å². The summed E-state index contributed by atoms with van der Waals surface area (Å²) in [4.78, 5) is 31.1. The van der Waals surface area contributed by atoms with Crippen molar-refractivity contribution in [1.82, 2.24) is 9.88 Å². The first-order valence-corrected chi connectivity index (χ1v) is 11.2. The van der Waals surface area contributed by atoms with E-state index < -0.39 is 0 Å². The largest absolute Gasteiger partial charge is 0.342 e. The number of nitrogens with one attached hydrogen (secondary N) is 1.